The molecule has 0 aliphatic carbocycles. The Balaban J connectivity index is 1.61. The number of anilines is 1. The van der Waals surface area contributed by atoms with Crippen LogP contribution in [0.4, 0.5) is 10.5 Å². The van der Waals surface area contributed by atoms with Gasteiger partial charge in [0, 0.05) is 24.8 Å². The molecule has 2 aliphatic heterocycles. The van der Waals surface area contributed by atoms with E-state index in [9.17, 15) is 4.79 Å². The zero-order valence-electron chi connectivity index (χ0n) is 13.8. The topological polar surface area (TPSA) is 35.6 Å². The van der Waals surface area contributed by atoms with Gasteiger partial charge in [0.15, 0.2) is 0 Å². The summed E-state index contributed by atoms with van der Waals surface area (Å²) in [5.74, 6) is 0. The van der Waals surface area contributed by atoms with Gasteiger partial charge in [0.2, 0.25) is 0 Å². The van der Waals surface area contributed by atoms with E-state index in [0.717, 1.165) is 37.2 Å². The van der Waals surface area contributed by atoms with Gasteiger partial charge in [-0.15, -0.1) is 0 Å². The van der Waals surface area contributed by atoms with Crippen molar-refractivity contribution in [2.75, 3.05) is 31.5 Å². The standard InChI is InChI=1S/C19H27N3O/c1-2-16-8-10-17(11-9-16)20-19(23)22-14-4-3-7-18(22)15-21-12-5-6-13-21/h2,8-11,18H,1,3-7,12-15H2,(H,20,23)/t18-/m1/s1. The van der Waals surface area contributed by atoms with Crippen LogP contribution in [0.2, 0.25) is 0 Å². The fourth-order valence-corrected chi connectivity index (χ4v) is 3.62. The van der Waals surface area contributed by atoms with E-state index in [2.05, 4.69) is 16.8 Å². The fourth-order valence-electron chi connectivity index (χ4n) is 3.62. The first-order chi connectivity index (χ1) is 11.3. The quantitative estimate of drug-likeness (QED) is 0.917. The maximum atomic E-state index is 12.7. The number of benzene rings is 1. The molecule has 0 saturated carbocycles. The molecule has 23 heavy (non-hydrogen) atoms. The van der Waals surface area contributed by atoms with Gasteiger partial charge in [0.1, 0.15) is 0 Å². The summed E-state index contributed by atoms with van der Waals surface area (Å²) >= 11 is 0. The number of urea groups is 1. The van der Waals surface area contributed by atoms with Crippen molar-refractivity contribution in [1.29, 1.82) is 0 Å². The molecular weight excluding hydrogens is 286 g/mol. The van der Waals surface area contributed by atoms with E-state index >= 15 is 0 Å². The van der Waals surface area contributed by atoms with Crippen molar-refractivity contribution < 1.29 is 4.79 Å². The lowest BCUT2D eigenvalue weighted by atomic mass is 10.0. The summed E-state index contributed by atoms with van der Waals surface area (Å²) in [6.45, 7) is 8.03. The lowest BCUT2D eigenvalue weighted by Gasteiger charge is -2.37. The van der Waals surface area contributed by atoms with Gasteiger partial charge in [-0.05, 0) is 62.9 Å². The second kappa shape index (κ2) is 7.64. The molecule has 2 fully saturated rings. The molecule has 1 atom stereocenters. The van der Waals surface area contributed by atoms with E-state index in [1.807, 2.05) is 35.2 Å². The number of likely N-dealkylation sites (tertiary alicyclic amines) is 2. The van der Waals surface area contributed by atoms with Crippen LogP contribution in [0.1, 0.15) is 37.7 Å². The molecule has 1 aromatic rings. The van der Waals surface area contributed by atoms with Gasteiger partial charge in [-0.2, -0.15) is 0 Å². The molecule has 2 amide bonds. The molecule has 0 bridgehead atoms. The van der Waals surface area contributed by atoms with Crippen molar-refractivity contribution in [3.05, 3.63) is 36.4 Å². The van der Waals surface area contributed by atoms with Crippen LogP contribution in [0.15, 0.2) is 30.8 Å². The predicted molar refractivity (Wildman–Crippen MR) is 95.6 cm³/mol. The molecule has 124 valence electrons. The van der Waals surface area contributed by atoms with Crippen molar-refractivity contribution in [2.24, 2.45) is 0 Å². The number of nitrogens with one attached hydrogen (secondary N) is 1. The maximum absolute atomic E-state index is 12.7. The monoisotopic (exact) mass is 313 g/mol. The SMILES string of the molecule is C=Cc1ccc(NC(=O)N2CCCC[C@@H]2CN2CCCC2)cc1. The Kier molecular flexibility index (Phi) is 5.34. The summed E-state index contributed by atoms with van der Waals surface area (Å²) in [5.41, 5.74) is 1.92. The van der Waals surface area contributed by atoms with E-state index < -0.39 is 0 Å². The van der Waals surface area contributed by atoms with Crippen LogP contribution < -0.4 is 5.32 Å². The molecule has 1 N–H and O–H groups in total. The zero-order chi connectivity index (χ0) is 16.1. The molecule has 0 radical (unpaired) electrons. The Hall–Kier alpha value is -1.81. The third-order valence-electron chi connectivity index (χ3n) is 4.95. The highest BCUT2D eigenvalue weighted by molar-refractivity contribution is 5.89. The Morgan fingerprint density at radius 1 is 1.13 bits per heavy atom. The fraction of sp³-hybridized carbons (Fsp3) is 0.526. The summed E-state index contributed by atoms with van der Waals surface area (Å²) in [6.07, 6.45) is 7.88. The number of hydrogen-bond acceptors (Lipinski definition) is 2. The van der Waals surface area contributed by atoms with E-state index in [0.29, 0.717) is 6.04 Å². The largest absolute Gasteiger partial charge is 0.322 e. The zero-order valence-corrected chi connectivity index (χ0v) is 13.8. The van der Waals surface area contributed by atoms with Crippen molar-refractivity contribution >= 4 is 17.8 Å². The summed E-state index contributed by atoms with van der Waals surface area (Å²) in [7, 11) is 0. The summed E-state index contributed by atoms with van der Waals surface area (Å²) in [4.78, 5) is 17.2. The molecule has 0 spiro atoms. The summed E-state index contributed by atoms with van der Waals surface area (Å²) in [6, 6.07) is 8.22. The van der Waals surface area contributed by atoms with E-state index in [4.69, 9.17) is 0 Å². The van der Waals surface area contributed by atoms with Crippen LogP contribution in [0.3, 0.4) is 0 Å². The molecule has 2 aliphatic rings. The number of piperidine rings is 1. The first-order valence-corrected chi connectivity index (χ1v) is 8.79. The van der Waals surface area contributed by atoms with E-state index in [1.165, 1.54) is 32.4 Å². The second-order valence-corrected chi connectivity index (χ2v) is 6.61. The highest BCUT2D eigenvalue weighted by atomic mass is 16.2. The van der Waals surface area contributed by atoms with Gasteiger partial charge in [-0.1, -0.05) is 24.8 Å². The number of carbonyl (C=O) groups excluding carboxylic acids is 1. The third-order valence-corrected chi connectivity index (χ3v) is 4.95. The lowest BCUT2D eigenvalue weighted by Crippen LogP contribution is -2.50. The number of hydrogen-bond donors (Lipinski definition) is 1. The van der Waals surface area contributed by atoms with Crippen molar-refractivity contribution in [1.82, 2.24) is 9.80 Å². The highest BCUT2D eigenvalue weighted by Crippen LogP contribution is 2.21. The van der Waals surface area contributed by atoms with Gasteiger partial charge in [-0.25, -0.2) is 4.79 Å². The number of rotatable bonds is 4. The number of carbonyl (C=O) groups is 1. The Bertz CT molecular complexity index is 534. The van der Waals surface area contributed by atoms with Gasteiger partial charge in [0.05, 0.1) is 0 Å². The minimum absolute atomic E-state index is 0.0419. The van der Waals surface area contributed by atoms with Gasteiger partial charge < -0.3 is 15.1 Å². The minimum Gasteiger partial charge on any atom is -0.320 e. The van der Waals surface area contributed by atoms with Crippen LogP contribution in [0, 0.1) is 0 Å². The highest BCUT2D eigenvalue weighted by Gasteiger charge is 2.29. The second-order valence-electron chi connectivity index (χ2n) is 6.61. The molecule has 4 heteroatoms. The summed E-state index contributed by atoms with van der Waals surface area (Å²) in [5, 5.41) is 3.05. The first-order valence-electron chi connectivity index (χ1n) is 8.79. The minimum atomic E-state index is 0.0419. The molecule has 0 aromatic heterocycles. The van der Waals surface area contributed by atoms with Crippen molar-refractivity contribution in [2.45, 2.75) is 38.1 Å². The number of nitrogens with zero attached hydrogens (tertiary/aromatic N) is 2. The predicted octanol–water partition coefficient (Wildman–Crippen LogP) is 3.81. The average Bonchev–Trinajstić information content (AvgIpc) is 3.09. The number of amides is 2. The Morgan fingerprint density at radius 2 is 1.83 bits per heavy atom. The van der Waals surface area contributed by atoms with Crippen LogP contribution in [-0.2, 0) is 0 Å². The summed E-state index contributed by atoms with van der Waals surface area (Å²) < 4.78 is 0. The lowest BCUT2D eigenvalue weighted by molar-refractivity contribution is 0.136. The molecule has 2 saturated heterocycles. The molecule has 3 rings (SSSR count). The van der Waals surface area contributed by atoms with Gasteiger partial charge in [0.25, 0.3) is 0 Å². The van der Waals surface area contributed by atoms with Crippen LogP contribution >= 0.6 is 0 Å². The molecule has 2 heterocycles. The van der Waals surface area contributed by atoms with E-state index in [1.54, 1.807) is 0 Å². The normalized spacial score (nSPS) is 22.1. The average molecular weight is 313 g/mol. The van der Waals surface area contributed by atoms with Crippen molar-refractivity contribution in [3.63, 3.8) is 0 Å². The van der Waals surface area contributed by atoms with Gasteiger partial charge in [-0.3, -0.25) is 0 Å². The van der Waals surface area contributed by atoms with Crippen LogP contribution in [-0.4, -0.2) is 48.1 Å². The molecule has 1 aromatic carbocycles. The maximum Gasteiger partial charge on any atom is 0.322 e. The third kappa shape index (κ3) is 4.14. The molecule has 4 nitrogen and oxygen atoms in total. The van der Waals surface area contributed by atoms with Gasteiger partial charge >= 0.3 is 6.03 Å². The van der Waals surface area contributed by atoms with Crippen LogP contribution in [0.25, 0.3) is 6.08 Å². The molecule has 0 unspecified atom stereocenters. The van der Waals surface area contributed by atoms with E-state index in [-0.39, 0.29) is 6.03 Å². The first kappa shape index (κ1) is 16.1. The Morgan fingerprint density at radius 3 is 2.52 bits per heavy atom. The molecular formula is C19H27N3O. The van der Waals surface area contributed by atoms with Crippen molar-refractivity contribution in [3.8, 4) is 0 Å². The van der Waals surface area contributed by atoms with Crippen LogP contribution in [0.5, 0.6) is 0 Å². The smallest absolute Gasteiger partial charge is 0.320 e. The Labute approximate surface area is 139 Å².